The third-order valence-corrected chi connectivity index (χ3v) is 9.87. The molecule has 2 aromatic heterocycles. The molecule has 0 radical (unpaired) electrons. The topological polar surface area (TPSA) is 49.6 Å². The highest BCUT2D eigenvalue weighted by Crippen LogP contribution is 2.47. The Labute approximate surface area is 233 Å². The number of hydrogen-bond acceptors (Lipinski definition) is 5. The van der Waals surface area contributed by atoms with E-state index in [1.165, 1.54) is 42.5 Å². The molecular formula is C32H37FN4OS. The van der Waals surface area contributed by atoms with Crippen molar-refractivity contribution in [2.24, 2.45) is 0 Å². The van der Waals surface area contributed by atoms with E-state index < -0.39 is 6.17 Å². The zero-order chi connectivity index (χ0) is 26.3. The second kappa shape index (κ2) is 10.8. The van der Waals surface area contributed by atoms with Gasteiger partial charge in [-0.15, -0.1) is 0 Å². The van der Waals surface area contributed by atoms with Gasteiger partial charge in [0.2, 0.25) is 0 Å². The maximum Gasteiger partial charge on any atom is 0.195 e. The van der Waals surface area contributed by atoms with Crippen molar-refractivity contribution in [1.29, 1.82) is 0 Å². The number of likely N-dealkylation sites (tertiary alicyclic amines) is 1. The predicted octanol–water partition coefficient (Wildman–Crippen LogP) is 7.30. The number of nitrogens with one attached hydrogen (secondary N) is 1. The normalized spacial score (nSPS) is 20.9. The van der Waals surface area contributed by atoms with Gasteiger partial charge in [0, 0.05) is 42.6 Å². The lowest BCUT2D eigenvalue weighted by Crippen LogP contribution is -2.35. The van der Waals surface area contributed by atoms with Crippen LogP contribution in [0.25, 0.3) is 26.4 Å². The standard InChI is InChI=1S/C32H37FN4OS/c33-25-14-18-36(19-15-25)17-2-1-5-28(38)24-12-13-27-29(20-24)39-32-35-30(31(37(27)32)23-10-11-23)22-8-6-21(7-9-22)26-4-3-16-34-26/h6-9,12-13,20,23,25-26,34H,1-5,10-11,14-19H2/t26-/m1/s1. The number of hydrogen-bond donors (Lipinski definition) is 1. The molecule has 1 atom stereocenters. The average molecular weight is 545 g/mol. The maximum atomic E-state index is 13.3. The molecule has 2 aliphatic heterocycles. The van der Waals surface area contributed by atoms with Crippen molar-refractivity contribution in [3.63, 3.8) is 0 Å². The largest absolute Gasteiger partial charge is 0.310 e. The number of unbranched alkanes of at least 4 members (excludes halogenated alkanes) is 1. The number of carbonyl (C=O) groups is 1. The van der Waals surface area contributed by atoms with Crippen molar-refractivity contribution in [2.75, 3.05) is 26.2 Å². The number of Topliss-reactive ketones (excluding diaryl/α,β-unsaturated/α-hetero) is 1. The van der Waals surface area contributed by atoms with Gasteiger partial charge in [-0.05, 0) is 88.2 Å². The first-order valence-corrected chi connectivity index (χ1v) is 15.6. The number of nitrogens with zero attached hydrogens (tertiary/aromatic N) is 3. The summed E-state index contributed by atoms with van der Waals surface area (Å²) in [5.41, 5.74) is 6.98. The summed E-state index contributed by atoms with van der Waals surface area (Å²) in [5, 5.41) is 3.60. The molecule has 0 unspecified atom stereocenters. The number of alkyl halides is 1. The maximum absolute atomic E-state index is 13.3. The molecule has 1 saturated carbocycles. The van der Waals surface area contributed by atoms with E-state index in [0.717, 1.165) is 65.5 Å². The van der Waals surface area contributed by atoms with Gasteiger partial charge in [-0.1, -0.05) is 35.6 Å². The SMILES string of the molecule is O=C(CCCCN1CCC(F)CC1)c1ccc2c(c1)sc1nc(-c3ccc([C@H]4CCCN4)cc3)c(C3CC3)n12. The Morgan fingerprint density at radius 2 is 1.85 bits per heavy atom. The van der Waals surface area contributed by atoms with Crippen LogP contribution in [0, 0.1) is 0 Å². The summed E-state index contributed by atoms with van der Waals surface area (Å²) in [5.74, 6) is 0.770. The quantitative estimate of drug-likeness (QED) is 0.177. The van der Waals surface area contributed by atoms with E-state index in [4.69, 9.17) is 4.98 Å². The van der Waals surface area contributed by atoms with Gasteiger partial charge in [0.05, 0.1) is 21.6 Å². The monoisotopic (exact) mass is 544 g/mol. The van der Waals surface area contributed by atoms with Crippen molar-refractivity contribution in [3.8, 4) is 11.3 Å². The van der Waals surface area contributed by atoms with Crippen LogP contribution in [-0.2, 0) is 0 Å². The smallest absolute Gasteiger partial charge is 0.195 e. The lowest BCUT2D eigenvalue weighted by atomic mass is 10.0. The number of piperidine rings is 1. The predicted molar refractivity (Wildman–Crippen MR) is 157 cm³/mol. The first-order valence-electron chi connectivity index (χ1n) is 14.8. The van der Waals surface area contributed by atoms with Crippen LogP contribution in [0.5, 0.6) is 0 Å². The molecule has 3 aliphatic rings. The fourth-order valence-electron chi connectivity index (χ4n) is 6.44. The Morgan fingerprint density at radius 1 is 1.03 bits per heavy atom. The third-order valence-electron chi connectivity index (χ3n) is 8.86. The molecule has 0 spiro atoms. The second-order valence-electron chi connectivity index (χ2n) is 11.7. The molecule has 1 N–H and O–H groups in total. The Bertz CT molecular complexity index is 1470. The highest BCUT2D eigenvalue weighted by atomic mass is 32.1. The van der Waals surface area contributed by atoms with Crippen LogP contribution in [0.2, 0.25) is 0 Å². The van der Waals surface area contributed by atoms with Crippen LogP contribution in [-0.4, -0.2) is 52.4 Å². The molecule has 204 valence electrons. The molecule has 2 saturated heterocycles. The van der Waals surface area contributed by atoms with Gasteiger partial charge in [0.1, 0.15) is 6.17 Å². The molecule has 0 amide bonds. The fourth-order valence-corrected chi connectivity index (χ4v) is 7.51. The highest BCUT2D eigenvalue weighted by Gasteiger charge is 2.32. The minimum Gasteiger partial charge on any atom is -0.310 e. The van der Waals surface area contributed by atoms with Gasteiger partial charge in [0.25, 0.3) is 0 Å². The van der Waals surface area contributed by atoms with E-state index in [-0.39, 0.29) is 5.78 Å². The van der Waals surface area contributed by atoms with Gasteiger partial charge < -0.3 is 10.2 Å². The number of imidazole rings is 1. The van der Waals surface area contributed by atoms with Crippen LogP contribution in [0.3, 0.4) is 0 Å². The zero-order valence-electron chi connectivity index (χ0n) is 22.5. The van der Waals surface area contributed by atoms with E-state index in [2.05, 4.69) is 51.0 Å². The summed E-state index contributed by atoms with van der Waals surface area (Å²) in [6, 6.07) is 15.7. The molecule has 3 fully saturated rings. The van der Waals surface area contributed by atoms with Crippen molar-refractivity contribution >= 4 is 32.3 Å². The summed E-state index contributed by atoms with van der Waals surface area (Å²) in [7, 11) is 0. The van der Waals surface area contributed by atoms with Crippen LogP contribution in [0.1, 0.15) is 91.4 Å². The van der Waals surface area contributed by atoms with Crippen molar-refractivity contribution in [2.45, 2.75) is 75.9 Å². The molecule has 4 aromatic rings. The van der Waals surface area contributed by atoms with Gasteiger partial charge in [-0.2, -0.15) is 0 Å². The van der Waals surface area contributed by atoms with E-state index in [9.17, 15) is 9.18 Å². The van der Waals surface area contributed by atoms with Crippen molar-refractivity contribution in [3.05, 3.63) is 59.3 Å². The molecule has 7 rings (SSSR count). The Balaban J connectivity index is 1.08. The molecule has 2 aromatic carbocycles. The number of aromatic nitrogens is 2. The minimum atomic E-state index is -0.629. The minimum absolute atomic E-state index is 0.213. The lowest BCUT2D eigenvalue weighted by Gasteiger charge is -2.28. The van der Waals surface area contributed by atoms with Gasteiger partial charge in [0.15, 0.2) is 10.7 Å². The Kier molecular flexibility index (Phi) is 6.99. The third kappa shape index (κ3) is 5.17. The number of carbonyl (C=O) groups excluding carboxylic acids is 1. The first kappa shape index (κ1) is 25.4. The van der Waals surface area contributed by atoms with Gasteiger partial charge >= 0.3 is 0 Å². The summed E-state index contributed by atoms with van der Waals surface area (Å²) < 4.78 is 16.8. The van der Waals surface area contributed by atoms with Crippen LogP contribution < -0.4 is 5.32 Å². The van der Waals surface area contributed by atoms with E-state index in [0.29, 0.717) is 31.2 Å². The summed E-state index contributed by atoms with van der Waals surface area (Å²) in [6.07, 6.45) is 7.99. The number of halogens is 1. The number of fused-ring (bicyclic) bond motifs is 3. The summed E-state index contributed by atoms with van der Waals surface area (Å²) >= 11 is 1.69. The van der Waals surface area contributed by atoms with E-state index in [1.54, 1.807) is 11.3 Å². The Morgan fingerprint density at radius 3 is 2.59 bits per heavy atom. The number of thiazole rings is 1. The van der Waals surface area contributed by atoms with Crippen molar-refractivity contribution < 1.29 is 9.18 Å². The second-order valence-corrected chi connectivity index (χ2v) is 12.7. The highest BCUT2D eigenvalue weighted by molar-refractivity contribution is 7.23. The Hall–Kier alpha value is -2.61. The first-order chi connectivity index (χ1) is 19.1. The van der Waals surface area contributed by atoms with Gasteiger partial charge in [-0.25, -0.2) is 9.37 Å². The van der Waals surface area contributed by atoms with Gasteiger partial charge in [-0.3, -0.25) is 9.20 Å². The van der Waals surface area contributed by atoms with E-state index in [1.807, 2.05) is 6.07 Å². The lowest BCUT2D eigenvalue weighted by molar-refractivity contribution is 0.0976. The molecule has 1 aliphatic carbocycles. The summed E-state index contributed by atoms with van der Waals surface area (Å²) in [6.45, 7) is 3.77. The number of benzene rings is 2. The van der Waals surface area contributed by atoms with Crippen LogP contribution in [0.4, 0.5) is 4.39 Å². The van der Waals surface area contributed by atoms with Crippen LogP contribution in [0.15, 0.2) is 42.5 Å². The average Bonchev–Trinajstić information content (AvgIpc) is 3.35. The van der Waals surface area contributed by atoms with E-state index >= 15 is 0 Å². The number of ketones is 1. The molecular weight excluding hydrogens is 507 g/mol. The summed E-state index contributed by atoms with van der Waals surface area (Å²) in [4.78, 5) is 21.5. The molecule has 5 nitrogen and oxygen atoms in total. The van der Waals surface area contributed by atoms with Crippen molar-refractivity contribution in [1.82, 2.24) is 19.6 Å². The molecule has 0 bridgehead atoms. The molecule has 39 heavy (non-hydrogen) atoms. The zero-order valence-corrected chi connectivity index (χ0v) is 23.3. The fraction of sp³-hybridized carbons (Fsp3) is 0.500. The van der Waals surface area contributed by atoms with Crippen LogP contribution >= 0.6 is 11.3 Å². The molecule has 7 heteroatoms. The molecule has 4 heterocycles. The number of rotatable bonds is 9.